The van der Waals surface area contributed by atoms with E-state index in [1.165, 1.54) is 0 Å². The maximum atomic E-state index is 12.1. The van der Waals surface area contributed by atoms with Gasteiger partial charge in [-0.2, -0.15) is 5.10 Å². The van der Waals surface area contributed by atoms with Gasteiger partial charge in [-0.25, -0.2) is 9.59 Å². The number of amides is 4. The number of nitrogens with zero attached hydrogens (tertiary/aromatic N) is 3. The first-order valence-electron chi connectivity index (χ1n) is 8.26. The van der Waals surface area contributed by atoms with Crippen molar-refractivity contribution in [1.82, 2.24) is 20.4 Å². The topological polar surface area (TPSA) is 103 Å². The van der Waals surface area contributed by atoms with Crippen LogP contribution in [0.5, 0.6) is 0 Å². The molecule has 138 valence electrons. The highest BCUT2D eigenvalue weighted by atomic mass is 16.5. The summed E-state index contributed by atoms with van der Waals surface area (Å²) in [6, 6.07) is 8.67. The number of aromatic nitrogens is 2. The predicted octanol–water partition coefficient (Wildman–Crippen LogP) is 1.75. The number of aromatic amines is 1. The van der Waals surface area contributed by atoms with Crippen molar-refractivity contribution >= 4 is 23.4 Å². The lowest BCUT2D eigenvalue weighted by atomic mass is 10.2. The van der Waals surface area contributed by atoms with Gasteiger partial charge in [-0.15, -0.1) is 0 Å². The van der Waals surface area contributed by atoms with Gasteiger partial charge >= 0.3 is 12.1 Å². The zero-order chi connectivity index (χ0) is 18.5. The molecule has 1 fully saturated rings. The second-order valence-corrected chi connectivity index (χ2v) is 6.03. The first-order chi connectivity index (χ1) is 12.6. The molecule has 0 spiro atoms. The van der Waals surface area contributed by atoms with Gasteiger partial charge < -0.3 is 20.3 Å². The number of H-pyrrole nitrogens is 1. The third-order valence-corrected chi connectivity index (χ3v) is 4.05. The molecule has 2 aromatic rings. The molecule has 4 amide bonds. The van der Waals surface area contributed by atoms with Crippen molar-refractivity contribution < 1.29 is 14.3 Å². The second-order valence-electron chi connectivity index (χ2n) is 6.03. The van der Waals surface area contributed by atoms with Crippen LogP contribution in [0.3, 0.4) is 0 Å². The number of hydrogen-bond acceptors (Lipinski definition) is 4. The standard InChI is InChI=1S/C17H22N6O3/c1-22-6-7-23(17(22)25)15-5-3-4-12(9-15)19-16(24)18-10-13-8-14(11-26-2)21-20-13/h3-5,8-9H,6-7,10-11H2,1-2H3,(H,20,21)(H2,18,19,24). The highest BCUT2D eigenvalue weighted by Crippen LogP contribution is 2.23. The summed E-state index contributed by atoms with van der Waals surface area (Å²) in [5.41, 5.74) is 2.94. The van der Waals surface area contributed by atoms with Crippen LogP contribution in [-0.2, 0) is 17.9 Å². The SMILES string of the molecule is COCc1cc(CNC(=O)Nc2cccc(N3CCN(C)C3=O)c2)[nH]n1. The Morgan fingerprint density at radius 3 is 2.92 bits per heavy atom. The molecular formula is C17H22N6O3. The molecule has 1 aliphatic heterocycles. The summed E-state index contributed by atoms with van der Waals surface area (Å²) >= 11 is 0. The Bertz CT molecular complexity index is 790. The van der Waals surface area contributed by atoms with Gasteiger partial charge in [0.15, 0.2) is 0 Å². The van der Waals surface area contributed by atoms with Crippen molar-refractivity contribution in [2.75, 3.05) is 37.5 Å². The third-order valence-electron chi connectivity index (χ3n) is 4.05. The summed E-state index contributed by atoms with van der Waals surface area (Å²) in [7, 11) is 3.37. The van der Waals surface area contributed by atoms with Gasteiger partial charge in [-0.3, -0.25) is 10.00 Å². The minimum absolute atomic E-state index is 0.0438. The van der Waals surface area contributed by atoms with Gasteiger partial charge in [0.2, 0.25) is 0 Å². The molecule has 0 saturated carbocycles. The highest BCUT2D eigenvalue weighted by Gasteiger charge is 2.26. The van der Waals surface area contributed by atoms with Crippen LogP contribution in [0.2, 0.25) is 0 Å². The fourth-order valence-corrected chi connectivity index (χ4v) is 2.71. The molecule has 0 radical (unpaired) electrons. The monoisotopic (exact) mass is 358 g/mol. The summed E-state index contributed by atoms with van der Waals surface area (Å²) in [4.78, 5) is 27.5. The van der Waals surface area contributed by atoms with Gasteiger partial charge in [-0.05, 0) is 24.3 Å². The average Bonchev–Trinajstić information content (AvgIpc) is 3.21. The lowest BCUT2D eigenvalue weighted by molar-refractivity contribution is 0.181. The Kier molecular flexibility index (Phi) is 5.37. The molecule has 3 N–H and O–H groups in total. The van der Waals surface area contributed by atoms with Gasteiger partial charge in [0.25, 0.3) is 0 Å². The van der Waals surface area contributed by atoms with Gasteiger partial charge in [0.1, 0.15) is 0 Å². The number of carbonyl (C=O) groups excluding carboxylic acids is 2. The van der Waals surface area contributed by atoms with Crippen molar-refractivity contribution in [2.24, 2.45) is 0 Å². The van der Waals surface area contributed by atoms with Crippen LogP contribution in [0, 0.1) is 0 Å². The van der Waals surface area contributed by atoms with Crippen LogP contribution in [0.4, 0.5) is 21.0 Å². The smallest absolute Gasteiger partial charge is 0.324 e. The maximum absolute atomic E-state index is 12.1. The van der Waals surface area contributed by atoms with E-state index in [1.807, 2.05) is 18.2 Å². The molecule has 0 unspecified atom stereocenters. The van der Waals surface area contributed by atoms with E-state index in [9.17, 15) is 9.59 Å². The lowest BCUT2D eigenvalue weighted by Crippen LogP contribution is -2.30. The molecule has 1 aromatic carbocycles. The zero-order valence-electron chi connectivity index (χ0n) is 14.8. The van der Waals surface area contributed by atoms with Gasteiger partial charge in [0, 0.05) is 38.6 Å². The highest BCUT2D eigenvalue weighted by molar-refractivity contribution is 5.95. The van der Waals surface area contributed by atoms with Crippen molar-refractivity contribution in [3.8, 4) is 0 Å². The molecule has 1 aliphatic rings. The number of nitrogens with one attached hydrogen (secondary N) is 3. The van der Waals surface area contributed by atoms with Crippen LogP contribution < -0.4 is 15.5 Å². The molecule has 0 atom stereocenters. The largest absolute Gasteiger partial charge is 0.378 e. The third kappa shape index (κ3) is 4.12. The van der Waals surface area contributed by atoms with Crippen LogP contribution in [0.25, 0.3) is 0 Å². The minimum atomic E-state index is -0.338. The van der Waals surface area contributed by atoms with E-state index in [4.69, 9.17) is 4.74 Å². The van der Waals surface area contributed by atoms with Crippen LogP contribution >= 0.6 is 0 Å². The van der Waals surface area contributed by atoms with Crippen LogP contribution in [-0.4, -0.2) is 54.4 Å². The molecule has 0 bridgehead atoms. The summed E-state index contributed by atoms with van der Waals surface area (Å²) in [6.45, 7) is 2.05. The molecule has 0 aliphatic carbocycles. The van der Waals surface area contributed by atoms with E-state index in [-0.39, 0.29) is 12.1 Å². The summed E-state index contributed by atoms with van der Waals surface area (Å²) in [5.74, 6) is 0. The summed E-state index contributed by atoms with van der Waals surface area (Å²) < 4.78 is 5.00. The molecular weight excluding hydrogens is 336 g/mol. The van der Waals surface area contributed by atoms with E-state index in [0.717, 1.165) is 17.1 Å². The number of ether oxygens (including phenoxy) is 1. The molecule has 1 aromatic heterocycles. The quantitative estimate of drug-likeness (QED) is 0.732. The number of carbonyl (C=O) groups is 2. The molecule has 1 saturated heterocycles. The normalized spacial score (nSPS) is 14.0. The first kappa shape index (κ1) is 17.7. The Balaban J connectivity index is 1.55. The summed E-state index contributed by atoms with van der Waals surface area (Å²) in [5, 5.41) is 12.4. The summed E-state index contributed by atoms with van der Waals surface area (Å²) in [6.07, 6.45) is 0. The van der Waals surface area contributed by atoms with E-state index in [1.54, 1.807) is 36.1 Å². The number of urea groups is 2. The Hall–Kier alpha value is -3.07. The van der Waals surface area contributed by atoms with Crippen molar-refractivity contribution in [2.45, 2.75) is 13.2 Å². The van der Waals surface area contributed by atoms with Crippen molar-refractivity contribution in [1.29, 1.82) is 0 Å². The van der Waals surface area contributed by atoms with Crippen LogP contribution in [0.15, 0.2) is 30.3 Å². The number of hydrogen-bond donors (Lipinski definition) is 3. The fraction of sp³-hybridized carbons (Fsp3) is 0.353. The minimum Gasteiger partial charge on any atom is -0.378 e. The van der Waals surface area contributed by atoms with Crippen LogP contribution in [0.1, 0.15) is 11.4 Å². The Labute approximate surface area is 151 Å². The Morgan fingerprint density at radius 2 is 2.19 bits per heavy atom. The number of anilines is 2. The fourth-order valence-electron chi connectivity index (χ4n) is 2.71. The van der Waals surface area contributed by atoms with Gasteiger partial charge in [0.05, 0.1) is 24.5 Å². The number of likely N-dealkylation sites (N-methyl/N-ethyl adjacent to an activating group) is 1. The second kappa shape index (κ2) is 7.87. The Morgan fingerprint density at radius 1 is 1.35 bits per heavy atom. The lowest BCUT2D eigenvalue weighted by Gasteiger charge is -2.17. The van der Waals surface area contributed by atoms with E-state index < -0.39 is 0 Å². The molecule has 3 rings (SSSR count). The predicted molar refractivity (Wildman–Crippen MR) is 97.0 cm³/mol. The first-order valence-corrected chi connectivity index (χ1v) is 8.26. The number of benzene rings is 1. The maximum Gasteiger partial charge on any atom is 0.324 e. The van der Waals surface area contributed by atoms with Crippen molar-refractivity contribution in [3.63, 3.8) is 0 Å². The number of methoxy groups -OCH3 is 1. The van der Waals surface area contributed by atoms with Crippen molar-refractivity contribution in [3.05, 3.63) is 41.7 Å². The van der Waals surface area contributed by atoms with E-state index in [2.05, 4.69) is 20.8 Å². The van der Waals surface area contributed by atoms with E-state index in [0.29, 0.717) is 31.9 Å². The molecule has 2 heterocycles. The average molecular weight is 358 g/mol. The zero-order valence-corrected chi connectivity index (χ0v) is 14.8. The van der Waals surface area contributed by atoms with Gasteiger partial charge in [-0.1, -0.05) is 6.07 Å². The molecule has 9 heteroatoms. The molecule has 9 nitrogen and oxygen atoms in total. The van der Waals surface area contributed by atoms with E-state index >= 15 is 0 Å². The molecule has 26 heavy (non-hydrogen) atoms. The number of rotatable bonds is 6.